The van der Waals surface area contributed by atoms with Gasteiger partial charge in [0.25, 0.3) is 0 Å². The number of hydrogen-bond acceptors (Lipinski definition) is 4. The van der Waals surface area contributed by atoms with Crippen molar-refractivity contribution in [2.24, 2.45) is 0 Å². The number of aromatic nitrogens is 1. The number of nitrogens with zero attached hydrogens (tertiary/aromatic N) is 1. The van der Waals surface area contributed by atoms with Crippen LogP contribution in [0.4, 0.5) is 14.5 Å². The first-order chi connectivity index (χ1) is 10.9. The molecule has 0 aliphatic carbocycles. The summed E-state index contributed by atoms with van der Waals surface area (Å²) in [6.45, 7) is 0. The van der Waals surface area contributed by atoms with Crippen molar-refractivity contribution in [3.8, 4) is 0 Å². The Kier molecular flexibility index (Phi) is 5.23. The fourth-order valence-corrected chi connectivity index (χ4v) is 2.07. The van der Waals surface area contributed by atoms with E-state index in [4.69, 9.17) is 11.6 Å². The highest BCUT2D eigenvalue weighted by molar-refractivity contribution is 6.31. The number of nitrogens with one attached hydrogen (secondary N) is 1. The number of carbonyl (C=O) groups excluding carboxylic acids is 2. The third-order valence-electron chi connectivity index (χ3n) is 2.94. The predicted molar refractivity (Wildman–Crippen MR) is 79.3 cm³/mol. The lowest BCUT2D eigenvalue weighted by Gasteiger charge is -2.10. The van der Waals surface area contributed by atoms with Crippen LogP contribution in [0, 0.1) is 11.6 Å². The minimum Gasteiger partial charge on any atom is -0.464 e. The molecule has 1 aromatic heterocycles. The van der Waals surface area contributed by atoms with Crippen LogP contribution < -0.4 is 5.32 Å². The Morgan fingerprint density at radius 2 is 1.96 bits per heavy atom. The number of anilines is 1. The number of esters is 1. The number of benzene rings is 1. The Morgan fingerprint density at radius 3 is 2.65 bits per heavy atom. The molecule has 8 heteroatoms. The van der Waals surface area contributed by atoms with E-state index >= 15 is 0 Å². The smallest absolute Gasteiger partial charge is 0.358 e. The zero-order chi connectivity index (χ0) is 17.0. The normalized spacial score (nSPS) is 10.3. The molecule has 2 aromatic rings. The van der Waals surface area contributed by atoms with Gasteiger partial charge in [-0.3, -0.25) is 4.79 Å². The van der Waals surface area contributed by atoms with Crippen LogP contribution in [0.1, 0.15) is 16.1 Å². The molecule has 0 unspecified atom stereocenters. The van der Waals surface area contributed by atoms with Crippen molar-refractivity contribution in [1.82, 2.24) is 4.98 Å². The summed E-state index contributed by atoms with van der Waals surface area (Å²) < 4.78 is 31.6. The van der Waals surface area contributed by atoms with Crippen LogP contribution in [0.2, 0.25) is 5.02 Å². The molecule has 0 fully saturated rings. The molecular weight excluding hydrogens is 330 g/mol. The van der Waals surface area contributed by atoms with E-state index in [0.29, 0.717) is 0 Å². The van der Waals surface area contributed by atoms with Crippen LogP contribution in [0.3, 0.4) is 0 Å². The van der Waals surface area contributed by atoms with Crippen LogP contribution in [-0.4, -0.2) is 24.0 Å². The zero-order valence-corrected chi connectivity index (χ0v) is 12.7. The van der Waals surface area contributed by atoms with Gasteiger partial charge >= 0.3 is 5.97 Å². The van der Waals surface area contributed by atoms with Crippen LogP contribution in [0.15, 0.2) is 30.5 Å². The van der Waals surface area contributed by atoms with Crippen molar-refractivity contribution in [3.63, 3.8) is 0 Å². The molecule has 1 N–H and O–H groups in total. The first-order valence-corrected chi connectivity index (χ1v) is 6.77. The summed E-state index contributed by atoms with van der Waals surface area (Å²) in [7, 11) is 1.17. The molecule has 1 aromatic carbocycles. The summed E-state index contributed by atoms with van der Waals surface area (Å²) >= 11 is 5.67. The van der Waals surface area contributed by atoms with Gasteiger partial charge in [-0.15, -0.1) is 0 Å². The molecule has 2 rings (SSSR count). The maximum atomic E-state index is 13.7. The second-order valence-electron chi connectivity index (χ2n) is 4.44. The molecule has 0 aliphatic heterocycles. The number of halogens is 3. The highest BCUT2D eigenvalue weighted by Crippen LogP contribution is 2.24. The maximum absolute atomic E-state index is 13.7. The standard InChI is InChI=1S/C15H11ClF2N2O3/c1-23-15(22)14-11(3-2-6-19-14)20-12(21)7-8-9(17)4-5-10(18)13(8)16/h2-6H,7H2,1H3,(H,20,21). The van der Waals surface area contributed by atoms with E-state index in [1.807, 2.05) is 0 Å². The number of rotatable bonds is 4. The van der Waals surface area contributed by atoms with E-state index in [0.717, 1.165) is 12.1 Å². The van der Waals surface area contributed by atoms with E-state index in [1.54, 1.807) is 0 Å². The molecule has 1 heterocycles. The maximum Gasteiger partial charge on any atom is 0.358 e. The molecule has 23 heavy (non-hydrogen) atoms. The number of pyridine rings is 1. The SMILES string of the molecule is COC(=O)c1ncccc1NC(=O)Cc1c(F)ccc(F)c1Cl. The van der Waals surface area contributed by atoms with Crippen molar-refractivity contribution in [2.75, 3.05) is 12.4 Å². The largest absolute Gasteiger partial charge is 0.464 e. The highest BCUT2D eigenvalue weighted by Gasteiger charge is 2.18. The average Bonchev–Trinajstić information content (AvgIpc) is 2.55. The molecule has 0 saturated heterocycles. The summed E-state index contributed by atoms with van der Waals surface area (Å²) in [4.78, 5) is 27.4. The van der Waals surface area contributed by atoms with E-state index in [-0.39, 0.29) is 16.9 Å². The van der Waals surface area contributed by atoms with Gasteiger partial charge in [0, 0.05) is 11.8 Å². The average molecular weight is 341 g/mol. The van der Waals surface area contributed by atoms with E-state index in [2.05, 4.69) is 15.0 Å². The number of ether oxygens (including phenoxy) is 1. The van der Waals surface area contributed by atoms with Crippen LogP contribution in [-0.2, 0) is 16.0 Å². The zero-order valence-electron chi connectivity index (χ0n) is 11.9. The number of hydrogen-bond donors (Lipinski definition) is 1. The molecule has 1 amide bonds. The van der Waals surface area contributed by atoms with Crippen molar-refractivity contribution < 1.29 is 23.1 Å². The Morgan fingerprint density at radius 1 is 1.26 bits per heavy atom. The fraction of sp³-hybridized carbons (Fsp3) is 0.133. The summed E-state index contributed by atoms with van der Waals surface area (Å²) in [5.74, 6) is -3.05. The van der Waals surface area contributed by atoms with E-state index in [1.165, 1.54) is 25.4 Å². The summed E-state index contributed by atoms with van der Waals surface area (Å²) in [6.07, 6.45) is 0.850. The quantitative estimate of drug-likeness (QED) is 0.686. The summed E-state index contributed by atoms with van der Waals surface area (Å²) in [5.41, 5.74) is -0.279. The highest BCUT2D eigenvalue weighted by atomic mass is 35.5. The van der Waals surface area contributed by atoms with Crippen molar-refractivity contribution in [3.05, 3.63) is 58.4 Å². The molecule has 5 nitrogen and oxygen atoms in total. The lowest BCUT2D eigenvalue weighted by molar-refractivity contribution is -0.115. The number of methoxy groups -OCH3 is 1. The topological polar surface area (TPSA) is 68.3 Å². The van der Waals surface area contributed by atoms with Gasteiger partial charge in [-0.1, -0.05) is 11.6 Å². The summed E-state index contributed by atoms with van der Waals surface area (Å²) in [5, 5.41) is 1.94. The molecule has 120 valence electrons. The minimum absolute atomic E-state index is 0.0947. The van der Waals surface area contributed by atoms with Crippen molar-refractivity contribution in [1.29, 1.82) is 0 Å². The Hall–Kier alpha value is -2.54. The van der Waals surface area contributed by atoms with Gasteiger partial charge in [0.15, 0.2) is 5.69 Å². The van der Waals surface area contributed by atoms with Gasteiger partial charge in [0.2, 0.25) is 5.91 Å². The van der Waals surface area contributed by atoms with Crippen molar-refractivity contribution in [2.45, 2.75) is 6.42 Å². The van der Waals surface area contributed by atoms with E-state index < -0.39 is 35.0 Å². The first kappa shape index (κ1) is 16.8. The number of amides is 1. The Labute approximate surface area is 135 Å². The van der Waals surface area contributed by atoms with Gasteiger partial charge in [0.05, 0.1) is 24.2 Å². The van der Waals surface area contributed by atoms with Gasteiger partial charge in [-0.2, -0.15) is 0 Å². The molecule has 0 aliphatic rings. The third-order valence-corrected chi connectivity index (χ3v) is 3.35. The van der Waals surface area contributed by atoms with Gasteiger partial charge in [0.1, 0.15) is 11.6 Å². The fourth-order valence-electron chi connectivity index (χ4n) is 1.85. The minimum atomic E-state index is -0.826. The van der Waals surface area contributed by atoms with Crippen molar-refractivity contribution >= 4 is 29.2 Å². The third kappa shape index (κ3) is 3.81. The van der Waals surface area contributed by atoms with Crippen LogP contribution >= 0.6 is 11.6 Å². The lowest BCUT2D eigenvalue weighted by atomic mass is 10.1. The van der Waals surface area contributed by atoms with Gasteiger partial charge in [-0.25, -0.2) is 18.6 Å². The van der Waals surface area contributed by atoms with Gasteiger partial charge < -0.3 is 10.1 Å². The number of carbonyl (C=O) groups is 2. The Bertz CT molecular complexity index is 768. The molecule has 0 bridgehead atoms. The van der Waals surface area contributed by atoms with Crippen LogP contribution in [0.5, 0.6) is 0 Å². The lowest BCUT2D eigenvalue weighted by Crippen LogP contribution is -2.19. The van der Waals surface area contributed by atoms with E-state index in [9.17, 15) is 18.4 Å². The monoisotopic (exact) mass is 340 g/mol. The second-order valence-corrected chi connectivity index (χ2v) is 4.82. The Balaban J connectivity index is 2.22. The molecule has 0 radical (unpaired) electrons. The molecule has 0 saturated carbocycles. The van der Waals surface area contributed by atoms with Crippen LogP contribution in [0.25, 0.3) is 0 Å². The molecular formula is C15H11ClF2N2O3. The summed E-state index contributed by atoms with van der Waals surface area (Å²) in [6, 6.07) is 4.68. The van der Waals surface area contributed by atoms with Gasteiger partial charge in [-0.05, 0) is 24.3 Å². The predicted octanol–water partition coefficient (Wildman–Crippen LogP) is 2.98. The molecule has 0 atom stereocenters. The molecule has 0 spiro atoms. The first-order valence-electron chi connectivity index (χ1n) is 6.39. The second kappa shape index (κ2) is 7.15.